The van der Waals surface area contributed by atoms with Crippen molar-refractivity contribution in [1.29, 1.82) is 0 Å². The normalized spacial score (nSPS) is 11.9. The first-order chi connectivity index (χ1) is 8.11. The molecule has 98 valence electrons. The van der Waals surface area contributed by atoms with Gasteiger partial charge in [-0.3, -0.25) is 0 Å². The molecule has 0 amide bonds. The Morgan fingerprint density at radius 2 is 1.59 bits per heavy atom. The molecule has 1 aromatic carbocycles. The van der Waals surface area contributed by atoms with Crippen molar-refractivity contribution in [3.63, 3.8) is 0 Å². The van der Waals surface area contributed by atoms with Gasteiger partial charge >= 0.3 is 0 Å². The lowest BCUT2D eigenvalue weighted by Crippen LogP contribution is -2.04. The van der Waals surface area contributed by atoms with E-state index < -0.39 is 0 Å². The first-order valence-corrected chi connectivity index (χ1v) is 6.86. The van der Waals surface area contributed by atoms with Crippen LogP contribution in [0.2, 0.25) is 0 Å². The molecule has 0 bridgehead atoms. The molecule has 0 spiro atoms. The Hall–Kier alpha value is -0.820. The summed E-state index contributed by atoms with van der Waals surface area (Å²) in [6.07, 6.45) is 3.81. The van der Waals surface area contributed by atoms with Gasteiger partial charge in [0.05, 0.1) is 0 Å². The minimum atomic E-state index is 0.659. The third kappa shape index (κ3) is 8.93. The highest BCUT2D eigenvalue weighted by molar-refractivity contribution is 5.17. The van der Waals surface area contributed by atoms with E-state index in [4.69, 9.17) is 5.73 Å². The summed E-state index contributed by atoms with van der Waals surface area (Å²) < 4.78 is 0. The lowest BCUT2D eigenvalue weighted by molar-refractivity contribution is 0.493. The van der Waals surface area contributed by atoms with Gasteiger partial charge in [-0.2, -0.15) is 0 Å². The van der Waals surface area contributed by atoms with Crippen molar-refractivity contribution in [2.45, 2.75) is 52.9 Å². The van der Waals surface area contributed by atoms with Crippen LogP contribution in [0.4, 0.5) is 0 Å². The van der Waals surface area contributed by atoms with Crippen molar-refractivity contribution in [2.24, 2.45) is 11.7 Å². The van der Waals surface area contributed by atoms with Crippen LogP contribution < -0.4 is 5.73 Å². The molecule has 1 aromatic rings. The summed E-state index contributed by atoms with van der Waals surface area (Å²) in [5.74, 6) is 1.50. The predicted molar refractivity (Wildman–Crippen MR) is 78.3 cm³/mol. The maximum absolute atomic E-state index is 5.36. The van der Waals surface area contributed by atoms with Crippen LogP contribution in [-0.4, -0.2) is 6.54 Å². The van der Waals surface area contributed by atoms with E-state index in [-0.39, 0.29) is 0 Å². The fraction of sp³-hybridized carbons (Fsp3) is 0.625. The molecule has 1 rings (SSSR count). The van der Waals surface area contributed by atoms with Crippen LogP contribution in [0.15, 0.2) is 30.3 Å². The summed E-state index contributed by atoms with van der Waals surface area (Å²) in [6.45, 7) is 9.73. The molecule has 1 unspecified atom stereocenters. The van der Waals surface area contributed by atoms with Crippen LogP contribution in [-0.2, 0) is 0 Å². The average molecular weight is 235 g/mol. The number of nitrogens with two attached hydrogens (primary N) is 1. The molecule has 0 heterocycles. The minimum Gasteiger partial charge on any atom is -0.330 e. The molecule has 1 heteroatoms. The van der Waals surface area contributed by atoms with E-state index in [2.05, 4.69) is 52.0 Å². The predicted octanol–water partition coefficient (Wildman–Crippen LogP) is 4.58. The van der Waals surface area contributed by atoms with E-state index >= 15 is 0 Å². The van der Waals surface area contributed by atoms with Crippen molar-refractivity contribution in [3.8, 4) is 0 Å². The molecular weight excluding hydrogens is 206 g/mol. The fourth-order valence-corrected chi connectivity index (χ4v) is 1.76. The van der Waals surface area contributed by atoms with Crippen molar-refractivity contribution < 1.29 is 0 Å². The van der Waals surface area contributed by atoms with Gasteiger partial charge in [0.25, 0.3) is 0 Å². The van der Waals surface area contributed by atoms with Crippen LogP contribution in [0, 0.1) is 5.92 Å². The molecule has 0 aliphatic heterocycles. The second-order valence-electron chi connectivity index (χ2n) is 5.04. The zero-order valence-electron chi connectivity index (χ0n) is 11.9. The maximum Gasteiger partial charge on any atom is -0.00747 e. The number of hydrogen-bond donors (Lipinski definition) is 1. The summed E-state index contributed by atoms with van der Waals surface area (Å²) in [7, 11) is 0. The van der Waals surface area contributed by atoms with Crippen LogP contribution in [0.3, 0.4) is 0 Å². The van der Waals surface area contributed by atoms with Gasteiger partial charge in [0.2, 0.25) is 0 Å². The Morgan fingerprint density at radius 3 is 1.94 bits per heavy atom. The summed E-state index contributed by atoms with van der Waals surface area (Å²) in [6, 6.07) is 10.5. The smallest absolute Gasteiger partial charge is 0.00747 e. The number of rotatable bonds is 5. The highest BCUT2D eigenvalue weighted by Gasteiger charge is 1.96. The van der Waals surface area contributed by atoms with Gasteiger partial charge < -0.3 is 5.73 Å². The van der Waals surface area contributed by atoms with Gasteiger partial charge in [-0.1, -0.05) is 70.9 Å². The van der Waals surface area contributed by atoms with Gasteiger partial charge in [0, 0.05) is 0 Å². The summed E-state index contributed by atoms with van der Waals surface area (Å²) in [4.78, 5) is 0. The largest absolute Gasteiger partial charge is 0.330 e. The standard InChI is InChI=1S/C9H12.C7H17N/c1-8(2)9-6-4-3-5-7-9;1-3-4-7(2)5-6-8/h3-8H,1-2H3;7H,3-6,8H2,1-2H3. The van der Waals surface area contributed by atoms with Gasteiger partial charge in [-0.15, -0.1) is 0 Å². The van der Waals surface area contributed by atoms with Crippen molar-refractivity contribution in [2.75, 3.05) is 6.54 Å². The van der Waals surface area contributed by atoms with Crippen LogP contribution in [0.25, 0.3) is 0 Å². The topological polar surface area (TPSA) is 26.0 Å². The van der Waals surface area contributed by atoms with Crippen LogP contribution in [0.1, 0.15) is 58.4 Å². The fourth-order valence-electron chi connectivity index (χ4n) is 1.76. The summed E-state index contributed by atoms with van der Waals surface area (Å²) in [5.41, 5.74) is 6.77. The molecule has 1 atom stereocenters. The zero-order chi connectivity index (χ0) is 13.1. The number of benzene rings is 1. The molecule has 0 saturated heterocycles. The average Bonchev–Trinajstić information content (AvgIpc) is 2.32. The molecule has 17 heavy (non-hydrogen) atoms. The Labute approximate surface area is 107 Å². The summed E-state index contributed by atoms with van der Waals surface area (Å²) in [5, 5.41) is 0. The van der Waals surface area contributed by atoms with Gasteiger partial charge in [0.1, 0.15) is 0 Å². The molecule has 1 nitrogen and oxygen atoms in total. The molecule has 0 aliphatic carbocycles. The van der Waals surface area contributed by atoms with E-state index in [1.165, 1.54) is 24.8 Å². The van der Waals surface area contributed by atoms with Crippen molar-refractivity contribution in [3.05, 3.63) is 35.9 Å². The van der Waals surface area contributed by atoms with E-state index in [0.29, 0.717) is 5.92 Å². The molecule has 0 fully saturated rings. The van der Waals surface area contributed by atoms with Crippen molar-refractivity contribution in [1.82, 2.24) is 0 Å². The van der Waals surface area contributed by atoms with Crippen LogP contribution >= 0.6 is 0 Å². The van der Waals surface area contributed by atoms with Gasteiger partial charge in [-0.05, 0) is 30.4 Å². The Kier molecular flexibility index (Phi) is 9.84. The molecule has 0 radical (unpaired) electrons. The van der Waals surface area contributed by atoms with Gasteiger partial charge in [0.15, 0.2) is 0 Å². The molecule has 0 aromatic heterocycles. The molecule has 0 saturated carbocycles. The SMILES string of the molecule is CC(C)c1ccccc1.CCCC(C)CCN. The lowest BCUT2D eigenvalue weighted by Gasteiger charge is -2.05. The monoisotopic (exact) mass is 235 g/mol. The second kappa shape index (κ2) is 10.3. The molecule has 0 aliphatic rings. The third-order valence-electron chi connectivity index (χ3n) is 2.91. The maximum atomic E-state index is 5.36. The van der Waals surface area contributed by atoms with E-state index in [0.717, 1.165) is 12.5 Å². The Morgan fingerprint density at radius 1 is 1.00 bits per heavy atom. The van der Waals surface area contributed by atoms with E-state index in [1.807, 2.05) is 6.07 Å². The summed E-state index contributed by atoms with van der Waals surface area (Å²) >= 11 is 0. The van der Waals surface area contributed by atoms with Crippen molar-refractivity contribution >= 4 is 0 Å². The zero-order valence-corrected chi connectivity index (χ0v) is 11.9. The van der Waals surface area contributed by atoms with Crippen LogP contribution in [0.5, 0.6) is 0 Å². The lowest BCUT2D eigenvalue weighted by atomic mass is 10.0. The highest BCUT2D eigenvalue weighted by Crippen LogP contribution is 2.11. The Bertz CT molecular complexity index is 247. The minimum absolute atomic E-state index is 0.659. The molecular formula is C16H29N. The third-order valence-corrected chi connectivity index (χ3v) is 2.91. The van der Waals surface area contributed by atoms with E-state index in [9.17, 15) is 0 Å². The number of hydrogen-bond acceptors (Lipinski definition) is 1. The second-order valence-corrected chi connectivity index (χ2v) is 5.04. The Balaban J connectivity index is 0.000000304. The van der Waals surface area contributed by atoms with E-state index in [1.54, 1.807) is 0 Å². The quantitative estimate of drug-likeness (QED) is 0.794. The first kappa shape index (κ1) is 16.2. The first-order valence-electron chi connectivity index (χ1n) is 6.86. The highest BCUT2D eigenvalue weighted by atomic mass is 14.5. The molecule has 2 N–H and O–H groups in total. The van der Waals surface area contributed by atoms with Gasteiger partial charge in [-0.25, -0.2) is 0 Å².